The van der Waals surface area contributed by atoms with Crippen LogP contribution in [0, 0.1) is 0 Å². The molecule has 4 rings (SSSR count). The van der Waals surface area contributed by atoms with Crippen LogP contribution in [0.25, 0.3) is 10.8 Å². The fourth-order valence-electron chi connectivity index (χ4n) is 3.95. The lowest BCUT2D eigenvalue weighted by molar-refractivity contribution is 0.103. The van der Waals surface area contributed by atoms with E-state index in [0.717, 1.165) is 16.5 Å². The van der Waals surface area contributed by atoms with E-state index in [4.69, 9.17) is 9.47 Å². The van der Waals surface area contributed by atoms with Crippen LogP contribution in [0.3, 0.4) is 0 Å². The van der Waals surface area contributed by atoms with Crippen LogP contribution in [0.4, 0.5) is 0 Å². The average Bonchev–Trinajstić information content (AvgIpc) is 2.90. The number of ketones is 2. The van der Waals surface area contributed by atoms with Gasteiger partial charge in [-0.2, -0.15) is 0 Å². The number of hydrogen-bond donors (Lipinski definition) is 0. The fraction of sp³-hybridized carbons (Fsp3) is 0.143. The van der Waals surface area contributed by atoms with E-state index in [2.05, 4.69) is 31.9 Å². The van der Waals surface area contributed by atoms with E-state index >= 15 is 0 Å². The van der Waals surface area contributed by atoms with Crippen LogP contribution in [0.2, 0.25) is 0 Å². The zero-order chi connectivity index (χ0) is 24.2. The van der Waals surface area contributed by atoms with Gasteiger partial charge in [-0.25, -0.2) is 0 Å². The number of alkyl halides is 2. The van der Waals surface area contributed by atoms with Crippen LogP contribution < -0.4 is 9.47 Å². The van der Waals surface area contributed by atoms with E-state index in [1.165, 1.54) is 14.2 Å². The van der Waals surface area contributed by atoms with Crippen molar-refractivity contribution in [1.29, 1.82) is 0 Å². The number of methoxy groups -OCH3 is 2. The second kappa shape index (κ2) is 10.5. The average molecular weight is 582 g/mol. The van der Waals surface area contributed by atoms with Gasteiger partial charge in [0.2, 0.25) is 0 Å². The predicted molar refractivity (Wildman–Crippen MR) is 142 cm³/mol. The van der Waals surface area contributed by atoms with Gasteiger partial charge in [-0.05, 0) is 28.6 Å². The Kier molecular flexibility index (Phi) is 7.49. The Bertz CT molecular complexity index is 1260. The van der Waals surface area contributed by atoms with E-state index in [1.54, 1.807) is 36.4 Å². The molecule has 172 valence electrons. The first kappa shape index (κ1) is 24.2. The van der Waals surface area contributed by atoms with Crippen LogP contribution in [-0.2, 0) is 10.7 Å². The molecule has 0 amide bonds. The van der Waals surface area contributed by atoms with E-state index in [9.17, 15) is 9.59 Å². The molecule has 0 N–H and O–H groups in total. The monoisotopic (exact) mass is 580 g/mol. The van der Waals surface area contributed by atoms with Crippen LogP contribution in [0.15, 0.2) is 72.8 Å². The molecular formula is C28H22Br2O4. The molecule has 0 aliphatic carbocycles. The zero-order valence-corrected chi connectivity index (χ0v) is 21.9. The number of halogens is 2. The second-order valence-corrected chi connectivity index (χ2v) is 8.82. The van der Waals surface area contributed by atoms with Crippen molar-refractivity contribution < 1.29 is 19.1 Å². The molecule has 0 atom stereocenters. The quantitative estimate of drug-likeness (QED) is 0.164. The number of ether oxygens (including phenoxy) is 2. The lowest BCUT2D eigenvalue weighted by atomic mass is 9.89. The Morgan fingerprint density at radius 3 is 1.32 bits per heavy atom. The first-order chi connectivity index (χ1) is 16.5. The van der Waals surface area contributed by atoms with Crippen molar-refractivity contribution in [1.82, 2.24) is 0 Å². The highest BCUT2D eigenvalue weighted by atomic mass is 79.9. The van der Waals surface area contributed by atoms with E-state index in [1.807, 2.05) is 36.4 Å². The zero-order valence-electron chi connectivity index (χ0n) is 18.7. The number of benzene rings is 4. The molecule has 0 aromatic heterocycles. The smallest absolute Gasteiger partial charge is 0.197 e. The lowest BCUT2D eigenvalue weighted by Gasteiger charge is -2.17. The van der Waals surface area contributed by atoms with Gasteiger partial charge in [0.1, 0.15) is 11.5 Å². The molecule has 0 heterocycles. The van der Waals surface area contributed by atoms with Gasteiger partial charge in [0.25, 0.3) is 0 Å². The van der Waals surface area contributed by atoms with Crippen molar-refractivity contribution in [3.05, 3.63) is 106 Å². The van der Waals surface area contributed by atoms with Crippen molar-refractivity contribution >= 4 is 54.2 Å². The Morgan fingerprint density at radius 1 is 0.618 bits per heavy atom. The summed E-state index contributed by atoms with van der Waals surface area (Å²) in [4.78, 5) is 27.6. The summed E-state index contributed by atoms with van der Waals surface area (Å²) in [6.07, 6.45) is 0. The number of fused-ring (bicyclic) bond motifs is 1. The van der Waals surface area contributed by atoms with Gasteiger partial charge in [-0.3, -0.25) is 9.59 Å². The first-order valence-electron chi connectivity index (χ1n) is 10.6. The Morgan fingerprint density at radius 2 is 1.00 bits per heavy atom. The maximum Gasteiger partial charge on any atom is 0.197 e. The van der Waals surface area contributed by atoms with Crippen molar-refractivity contribution in [3.63, 3.8) is 0 Å². The van der Waals surface area contributed by atoms with Crippen LogP contribution in [-0.4, -0.2) is 25.8 Å². The molecule has 0 bridgehead atoms. The molecule has 4 nitrogen and oxygen atoms in total. The highest BCUT2D eigenvalue weighted by molar-refractivity contribution is 9.08. The standard InChI is InChI=1S/C28H22Br2O4/c1-33-22-13-11-19-12-14-23(34-2)26(28(32)21-9-5-18(16-30)6-10-21)24(19)25(22)27(31)20-7-3-17(15-29)4-8-20/h3-14H,15-16H2,1-2H3. The summed E-state index contributed by atoms with van der Waals surface area (Å²) in [7, 11) is 3.04. The summed E-state index contributed by atoms with van der Waals surface area (Å²) in [5, 5.41) is 2.66. The SMILES string of the molecule is COc1ccc2ccc(OC)c(C(=O)c3ccc(CBr)cc3)c2c1C(=O)c1ccc(CBr)cc1. The second-order valence-electron chi connectivity index (χ2n) is 7.70. The normalized spacial score (nSPS) is 10.8. The highest BCUT2D eigenvalue weighted by Gasteiger charge is 2.26. The summed E-state index contributed by atoms with van der Waals surface area (Å²) in [6, 6.07) is 22.0. The minimum absolute atomic E-state index is 0.222. The third-order valence-electron chi connectivity index (χ3n) is 5.74. The van der Waals surface area contributed by atoms with Crippen LogP contribution in [0.1, 0.15) is 43.0 Å². The number of carbonyl (C=O) groups is 2. The van der Waals surface area contributed by atoms with Crippen molar-refractivity contribution in [3.8, 4) is 11.5 Å². The minimum atomic E-state index is -0.222. The van der Waals surface area contributed by atoms with E-state index in [-0.39, 0.29) is 11.6 Å². The third-order valence-corrected chi connectivity index (χ3v) is 7.04. The van der Waals surface area contributed by atoms with Crippen molar-refractivity contribution in [2.75, 3.05) is 14.2 Å². The van der Waals surface area contributed by atoms with Gasteiger partial charge in [0.15, 0.2) is 11.6 Å². The molecule has 0 saturated heterocycles. The van der Waals surface area contributed by atoms with Crippen molar-refractivity contribution in [2.45, 2.75) is 10.7 Å². The Balaban J connectivity index is 1.99. The minimum Gasteiger partial charge on any atom is -0.496 e. The van der Waals surface area contributed by atoms with E-state index < -0.39 is 0 Å². The summed E-state index contributed by atoms with van der Waals surface area (Å²) in [6.45, 7) is 0. The summed E-state index contributed by atoms with van der Waals surface area (Å²) in [5.74, 6) is 0.360. The maximum atomic E-state index is 13.8. The largest absolute Gasteiger partial charge is 0.496 e. The summed E-state index contributed by atoms with van der Waals surface area (Å²) in [5.41, 5.74) is 3.82. The molecule has 6 heteroatoms. The molecule has 34 heavy (non-hydrogen) atoms. The van der Waals surface area contributed by atoms with Gasteiger partial charge in [-0.15, -0.1) is 0 Å². The molecule has 0 unspecified atom stereocenters. The van der Waals surface area contributed by atoms with Gasteiger partial charge in [0, 0.05) is 27.2 Å². The third kappa shape index (κ3) is 4.52. The number of rotatable bonds is 8. The topological polar surface area (TPSA) is 52.6 Å². The number of hydrogen-bond acceptors (Lipinski definition) is 4. The molecule has 4 aromatic carbocycles. The maximum absolute atomic E-state index is 13.8. The molecule has 0 aliphatic heterocycles. The van der Waals surface area contributed by atoms with Crippen molar-refractivity contribution in [2.24, 2.45) is 0 Å². The molecule has 0 radical (unpaired) electrons. The lowest BCUT2D eigenvalue weighted by Crippen LogP contribution is -2.11. The summed E-state index contributed by atoms with van der Waals surface area (Å²) >= 11 is 6.87. The molecule has 0 fully saturated rings. The molecule has 0 saturated carbocycles. The van der Waals surface area contributed by atoms with Gasteiger partial charge < -0.3 is 9.47 Å². The fourth-order valence-corrected chi connectivity index (χ4v) is 4.70. The molecule has 0 spiro atoms. The van der Waals surface area contributed by atoms with Gasteiger partial charge in [0.05, 0.1) is 25.3 Å². The van der Waals surface area contributed by atoms with Gasteiger partial charge in [-0.1, -0.05) is 92.5 Å². The molecule has 4 aromatic rings. The Hall–Kier alpha value is -2.96. The molecular weight excluding hydrogens is 560 g/mol. The molecule has 0 aliphatic rings. The van der Waals surface area contributed by atoms with Crippen LogP contribution in [0.5, 0.6) is 11.5 Å². The number of carbonyl (C=O) groups excluding carboxylic acids is 2. The van der Waals surface area contributed by atoms with Crippen LogP contribution >= 0.6 is 31.9 Å². The van der Waals surface area contributed by atoms with E-state index in [0.29, 0.717) is 49.8 Å². The Labute approximate surface area is 215 Å². The van der Waals surface area contributed by atoms with Gasteiger partial charge >= 0.3 is 0 Å². The predicted octanol–water partition coefficient (Wildman–Crippen LogP) is 7.11. The summed E-state index contributed by atoms with van der Waals surface area (Å²) < 4.78 is 11.2. The first-order valence-corrected chi connectivity index (χ1v) is 12.8. The highest BCUT2D eigenvalue weighted by Crippen LogP contribution is 2.38.